The van der Waals surface area contributed by atoms with Gasteiger partial charge in [0.05, 0.1) is 0 Å². The second-order valence-electron chi connectivity index (χ2n) is 4.70. The first-order valence-corrected chi connectivity index (χ1v) is 7.51. The summed E-state index contributed by atoms with van der Waals surface area (Å²) in [6, 6.07) is 8.51. The summed E-state index contributed by atoms with van der Waals surface area (Å²) in [7, 11) is 0. The van der Waals surface area contributed by atoms with Gasteiger partial charge in [0.1, 0.15) is 0 Å². The van der Waals surface area contributed by atoms with Crippen LogP contribution >= 0.6 is 27.5 Å². The van der Waals surface area contributed by atoms with Crippen LogP contribution in [-0.4, -0.2) is 19.1 Å². The number of hydrogen-bond acceptors (Lipinski definition) is 1. The molecule has 3 heteroatoms. The first kappa shape index (κ1) is 13.4. The average molecular weight is 318 g/mol. The number of hydrogen-bond donors (Lipinski definition) is 0. The van der Waals surface area contributed by atoms with E-state index in [1.807, 2.05) is 0 Å². The normalized spacial score (nSPS) is 19.2. The van der Waals surface area contributed by atoms with Crippen LogP contribution in [0.2, 0.25) is 0 Å². The fraction of sp³-hybridized carbons (Fsp3) is 0.571. The number of ether oxygens (including phenoxy) is 1. The summed E-state index contributed by atoms with van der Waals surface area (Å²) < 4.78 is 6.54. The van der Waals surface area contributed by atoms with Crippen LogP contribution in [-0.2, 0) is 4.74 Å². The molecular formula is C14H18BrClO. The van der Waals surface area contributed by atoms with Gasteiger partial charge in [-0.15, -0.1) is 11.6 Å². The molecule has 1 heterocycles. The van der Waals surface area contributed by atoms with Crippen LogP contribution in [0.15, 0.2) is 28.7 Å². The Morgan fingerprint density at radius 3 is 2.76 bits per heavy atom. The van der Waals surface area contributed by atoms with Gasteiger partial charge in [0.25, 0.3) is 0 Å². The van der Waals surface area contributed by atoms with Crippen molar-refractivity contribution in [3.05, 3.63) is 34.3 Å². The lowest BCUT2D eigenvalue weighted by atomic mass is 9.86. The predicted octanol–water partition coefficient (Wildman–Crippen LogP) is 4.59. The highest BCUT2D eigenvalue weighted by atomic mass is 79.9. The highest BCUT2D eigenvalue weighted by molar-refractivity contribution is 9.10. The van der Waals surface area contributed by atoms with Gasteiger partial charge in [0.2, 0.25) is 0 Å². The van der Waals surface area contributed by atoms with Gasteiger partial charge in [0.15, 0.2) is 0 Å². The molecule has 0 saturated carbocycles. The minimum Gasteiger partial charge on any atom is -0.381 e. The van der Waals surface area contributed by atoms with E-state index in [1.165, 1.54) is 24.8 Å². The third kappa shape index (κ3) is 3.97. The van der Waals surface area contributed by atoms with Gasteiger partial charge < -0.3 is 4.74 Å². The Labute approximate surface area is 117 Å². The molecule has 0 aromatic heterocycles. The highest BCUT2D eigenvalue weighted by Gasteiger charge is 2.20. The first-order valence-electron chi connectivity index (χ1n) is 6.18. The summed E-state index contributed by atoms with van der Waals surface area (Å²) in [5.74, 6) is 1.94. The van der Waals surface area contributed by atoms with Crippen LogP contribution in [0.25, 0.3) is 0 Å². The van der Waals surface area contributed by atoms with Crippen molar-refractivity contribution in [1.82, 2.24) is 0 Å². The molecule has 0 radical (unpaired) electrons. The van der Waals surface area contributed by atoms with Crippen molar-refractivity contribution in [3.8, 4) is 0 Å². The van der Waals surface area contributed by atoms with E-state index in [4.69, 9.17) is 16.3 Å². The second-order valence-corrected chi connectivity index (χ2v) is 5.92. The largest absolute Gasteiger partial charge is 0.381 e. The molecule has 0 aliphatic carbocycles. The molecule has 1 unspecified atom stereocenters. The molecule has 1 fully saturated rings. The van der Waals surface area contributed by atoms with Crippen molar-refractivity contribution in [2.45, 2.75) is 25.2 Å². The summed E-state index contributed by atoms with van der Waals surface area (Å²) in [5.41, 5.74) is 1.35. The number of alkyl halides is 1. The Bertz CT molecular complexity index is 350. The molecule has 17 heavy (non-hydrogen) atoms. The predicted molar refractivity (Wildman–Crippen MR) is 75.8 cm³/mol. The van der Waals surface area contributed by atoms with Crippen LogP contribution < -0.4 is 0 Å². The Morgan fingerprint density at radius 1 is 1.35 bits per heavy atom. The zero-order valence-corrected chi connectivity index (χ0v) is 12.2. The number of halogens is 2. The molecule has 0 amide bonds. The lowest BCUT2D eigenvalue weighted by Gasteiger charge is -2.26. The van der Waals surface area contributed by atoms with E-state index < -0.39 is 0 Å². The molecule has 1 aromatic rings. The van der Waals surface area contributed by atoms with E-state index in [-0.39, 0.29) is 0 Å². The standard InChI is InChI=1S/C14H18BrClO/c15-14-3-1-2-12(9-14)13(10-16)8-11-4-6-17-7-5-11/h1-3,9,11,13H,4-8,10H2. The molecule has 94 valence electrons. The summed E-state index contributed by atoms with van der Waals surface area (Å²) in [5, 5.41) is 0. The van der Waals surface area contributed by atoms with Crippen LogP contribution in [0.5, 0.6) is 0 Å². The maximum atomic E-state index is 6.13. The van der Waals surface area contributed by atoms with Crippen molar-refractivity contribution in [3.63, 3.8) is 0 Å². The molecule has 1 aliphatic heterocycles. The summed E-state index contributed by atoms with van der Waals surface area (Å²) >= 11 is 9.65. The van der Waals surface area contributed by atoms with E-state index in [2.05, 4.69) is 40.2 Å². The van der Waals surface area contributed by atoms with Crippen molar-refractivity contribution >= 4 is 27.5 Å². The molecule has 0 N–H and O–H groups in total. The van der Waals surface area contributed by atoms with Crippen LogP contribution in [0.4, 0.5) is 0 Å². The van der Waals surface area contributed by atoms with Crippen LogP contribution in [0.3, 0.4) is 0 Å². The van der Waals surface area contributed by atoms with Crippen LogP contribution in [0, 0.1) is 5.92 Å². The Hall–Kier alpha value is -0.0500. The monoisotopic (exact) mass is 316 g/mol. The van der Waals surface area contributed by atoms with E-state index in [0.29, 0.717) is 11.8 Å². The Kier molecular flexibility index (Phi) is 5.33. The van der Waals surface area contributed by atoms with Crippen LogP contribution in [0.1, 0.15) is 30.7 Å². The van der Waals surface area contributed by atoms with Crippen molar-refractivity contribution in [2.24, 2.45) is 5.92 Å². The van der Waals surface area contributed by atoms with Crippen molar-refractivity contribution in [2.75, 3.05) is 19.1 Å². The third-order valence-electron chi connectivity index (χ3n) is 3.47. The number of benzene rings is 1. The molecule has 1 aliphatic rings. The van der Waals surface area contributed by atoms with Gasteiger partial charge in [-0.3, -0.25) is 0 Å². The van der Waals surface area contributed by atoms with Crippen molar-refractivity contribution in [1.29, 1.82) is 0 Å². The smallest absolute Gasteiger partial charge is 0.0468 e. The zero-order chi connectivity index (χ0) is 12.1. The van der Waals surface area contributed by atoms with Gasteiger partial charge in [0, 0.05) is 23.6 Å². The van der Waals surface area contributed by atoms with Crippen molar-refractivity contribution < 1.29 is 4.74 Å². The molecule has 0 spiro atoms. The first-order chi connectivity index (χ1) is 8.29. The molecule has 1 aromatic carbocycles. The molecule has 1 saturated heterocycles. The van der Waals surface area contributed by atoms with E-state index in [1.54, 1.807) is 0 Å². The molecule has 0 bridgehead atoms. The highest BCUT2D eigenvalue weighted by Crippen LogP contribution is 2.31. The third-order valence-corrected chi connectivity index (χ3v) is 4.33. The van der Waals surface area contributed by atoms with Gasteiger partial charge in [-0.2, -0.15) is 0 Å². The maximum Gasteiger partial charge on any atom is 0.0468 e. The van der Waals surface area contributed by atoms with Gasteiger partial charge in [-0.1, -0.05) is 28.1 Å². The SMILES string of the molecule is ClCC(CC1CCOCC1)c1cccc(Br)c1. The quantitative estimate of drug-likeness (QED) is 0.738. The average Bonchev–Trinajstić information content (AvgIpc) is 2.37. The minimum absolute atomic E-state index is 0.470. The minimum atomic E-state index is 0.470. The molecule has 2 rings (SSSR count). The maximum absolute atomic E-state index is 6.13. The lowest BCUT2D eigenvalue weighted by molar-refractivity contribution is 0.0622. The number of rotatable bonds is 4. The lowest BCUT2D eigenvalue weighted by Crippen LogP contribution is -2.18. The fourth-order valence-corrected chi connectivity index (χ4v) is 3.15. The summed E-state index contributed by atoms with van der Waals surface area (Å²) in [4.78, 5) is 0. The van der Waals surface area contributed by atoms with Gasteiger partial charge >= 0.3 is 0 Å². The van der Waals surface area contributed by atoms with Gasteiger partial charge in [-0.25, -0.2) is 0 Å². The van der Waals surface area contributed by atoms with E-state index in [9.17, 15) is 0 Å². The molecule has 1 atom stereocenters. The van der Waals surface area contributed by atoms with Gasteiger partial charge in [-0.05, 0) is 48.8 Å². The summed E-state index contributed by atoms with van der Waals surface area (Å²) in [6.07, 6.45) is 3.55. The summed E-state index contributed by atoms with van der Waals surface area (Å²) in [6.45, 7) is 1.83. The van der Waals surface area contributed by atoms with E-state index in [0.717, 1.165) is 23.6 Å². The fourth-order valence-electron chi connectivity index (χ4n) is 2.43. The Morgan fingerprint density at radius 2 is 2.12 bits per heavy atom. The molecule has 1 nitrogen and oxygen atoms in total. The topological polar surface area (TPSA) is 9.23 Å². The molecular weight excluding hydrogens is 300 g/mol. The Balaban J connectivity index is 2.00. The second kappa shape index (κ2) is 6.77. The zero-order valence-electron chi connectivity index (χ0n) is 9.87. The van der Waals surface area contributed by atoms with E-state index >= 15 is 0 Å².